The summed E-state index contributed by atoms with van der Waals surface area (Å²) in [5.74, 6) is -1.14. The Balaban J connectivity index is 1.70. The van der Waals surface area contributed by atoms with Crippen molar-refractivity contribution in [2.45, 2.75) is 54.9 Å². The van der Waals surface area contributed by atoms with Crippen molar-refractivity contribution in [3.63, 3.8) is 0 Å². The number of carboxylic acids is 1. The summed E-state index contributed by atoms with van der Waals surface area (Å²) < 4.78 is 39.6. The molecule has 0 bridgehead atoms. The minimum Gasteiger partial charge on any atom is -0.489 e. The van der Waals surface area contributed by atoms with Crippen molar-refractivity contribution < 1.29 is 27.8 Å². The van der Waals surface area contributed by atoms with E-state index in [-0.39, 0.29) is 34.4 Å². The molecule has 0 radical (unpaired) electrons. The summed E-state index contributed by atoms with van der Waals surface area (Å²) in [4.78, 5) is 24.7. The maximum absolute atomic E-state index is 13.4. The number of hydrogen-bond acceptors (Lipinski definition) is 6. The third kappa shape index (κ3) is 3.34. The van der Waals surface area contributed by atoms with Crippen LogP contribution in [0, 0.1) is 0 Å². The molecule has 2 aromatic rings. The standard InChI is InChI=1S/C22H22ClNO7S/c1-11-14-7-16(22(26)27)21(25)24(12-4-5-12)20(14)15-8-17(23)18(9-19(15)32(11,28)29)31-10-13-3-2-6-30-13/h7-9,11-13H,2-6,10H2,1H3,(H,26,27)/t11?,13-/m0/s1. The van der Waals surface area contributed by atoms with Gasteiger partial charge in [0.25, 0.3) is 5.56 Å². The molecule has 5 rings (SSSR count). The highest BCUT2D eigenvalue weighted by molar-refractivity contribution is 7.92. The lowest BCUT2D eigenvalue weighted by molar-refractivity contribution is 0.0679. The lowest BCUT2D eigenvalue weighted by atomic mass is 9.99. The zero-order chi connectivity index (χ0) is 22.8. The highest BCUT2D eigenvalue weighted by atomic mass is 35.5. The summed E-state index contributed by atoms with van der Waals surface area (Å²) in [5.41, 5.74) is -0.0406. The van der Waals surface area contributed by atoms with Crippen molar-refractivity contribution >= 4 is 27.4 Å². The molecule has 0 amide bonds. The Morgan fingerprint density at radius 3 is 2.66 bits per heavy atom. The Morgan fingerprint density at radius 2 is 2.03 bits per heavy atom. The van der Waals surface area contributed by atoms with E-state index in [1.807, 2.05) is 0 Å². The van der Waals surface area contributed by atoms with Gasteiger partial charge >= 0.3 is 5.97 Å². The predicted octanol–water partition coefficient (Wildman–Crippen LogP) is 3.61. The first-order chi connectivity index (χ1) is 15.2. The van der Waals surface area contributed by atoms with Crippen LogP contribution in [0.4, 0.5) is 0 Å². The lowest BCUT2D eigenvalue weighted by Gasteiger charge is -2.29. The van der Waals surface area contributed by atoms with Gasteiger partial charge in [-0.1, -0.05) is 11.6 Å². The first-order valence-electron chi connectivity index (χ1n) is 10.5. The van der Waals surface area contributed by atoms with Crippen LogP contribution in [0.2, 0.25) is 5.02 Å². The van der Waals surface area contributed by atoms with E-state index in [1.54, 1.807) is 0 Å². The van der Waals surface area contributed by atoms with Gasteiger partial charge < -0.3 is 19.1 Å². The molecule has 2 aliphatic heterocycles. The predicted molar refractivity (Wildman–Crippen MR) is 116 cm³/mol. The van der Waals surface area contributed by atoms with Crippen LogP contribution < -0.4 is 10.3 Å². The van der Waals surface area contributed by atoms with Gasteiger partial charge in [-0.05, 0) is 50.3 Å². The fraction of sp³-hybridized carbons (Fsp3) is 0.455. The second-order valence-electron chi connectivity index (χ2n) is 8.49. The summed E-state index contributed by atoms with van der Waals surface area (Å²) >= 11 is 6.47. The summed E-state index contributed by atoms with van der Waals surface area (Å²) in [5, 5.41) is 8.71. The number of benzene rings is 1. The van der Waals surface area contributed by atoms with Crippen LogP contribution in [0.3, 0.4) is 0 Å². The number of carboxylic acid groups (broad SMARTS) is 1. The molecule has 1 unspecified atom stereocenters. The topological polar surface area (TPSA) is 112 Å². The van der Waals surface area contributed by atoms with Gasteiger partial charge in [0.05, 0.1) is 27.0 Å². The quantitative estimate of drug-likeness (QED) is 0.697. The molecular formula is C22H22ClNO7S. The first kappa shape index (κ1) is 21.5. The van der Waals surface area contributed by atoms with Crippen molar-refractivity contribution in [1.82, 2.24) is 4.57 Å². The fourth-order valence-electron chi connectivity index (χ4n) is 4.47. The van der Waals surface area contributed by atoms with Crippen LogP contribution in [-0.2, 0) is 14.6 Å². The molecule has 3 heterocycles. The molecule has 10 heteroatoms. The second-order valence-corrected chi connectivity index (χ2v) is 11.1. The van der Waals surface area contributed by atoms with E-state index in [9.17, 15) is 23.1 Å². The maximum atomic E-state index is 13.4. The molecule has 3 aliphatic rings. The summed E-state index contributed by atoms with van der Waals surface area (Å²) in [6.45, 7) is 2.44. The molecule has 1 aromatic heterocycles. The average Bonchev–Trinajstić information content (AvgIpc) is 3.44. The van der Waals surface area contributed by atoms with Crippen molar-refractivity contribution in [3.05, 3.63) is 44.7 Å². The van der Waals surface area contributed by atoms with Gasteiger partial charge in [-0.3, -0.25) is 4.79 Å². The van der Waals surface area contributed by atoms with Crippen molar-refractivity contribution in [3.8, 4) is 17.0 Å². The number of hydrogen-bond donors (Lipinski definition) is 1. The van der Waals surface area contributed by atoms with Crippen LogP contribution in [0.25, 0.3) is 11.3 Å². The van der Waals surface area contributed by atoms with Gasteiger partial charge in [-0.15, -0.1) is 0 Å². The van der Waals surface area contributed by atoms with Gasteiger partial charge in [-0.25, -0.2) is 13.2 Å². The molecule has 2 fully saturated rings. The number of aromatic carboxylic acids is 1. The van der Waals surface area contributed by atoms with Gasteiger partial charge in [0.2, 0.25) is 0 Å². The monoisotopic (exact) mass is 479 g/mol. The molecule has 1 aromatic carbocycles. The molecule has 8 nitrogen and oxygen atoms in total. The number of ether oxygens (including phenoxy) is 2. The number of pyridine rings is 1. The molecule has 170 valence electrons. The highest BCUT2D eigenvalue weighted by Crippen LogP contribution is 2.49. The molecule has 32 heavy (non-hydrogen) atoms. The zero-order valence-corrected chi connectivity index (χ0v) is 18.9. The number of fused-ring (bicyclic) bond motifs is 3. The molecule has 1 saturated heterocycles. The maximum Gasteiger partial charge on any atom is 0.341 e. The van der Waals surface area contributed by atoms with Crippen molar-refractivity contribution in [1.29, 1.82) is 0 Å². The van der Waals surface area contributed by atoms with E-state index in [0.717, 1.165) is 25.7 Å². The van der Waals surface area contributed by atoms with E-state index in [2.05, 4.69) is 0 Å². The lowest BCUT2D eigenvalue weighted by Crippen LogP contribution is -2.31. The Labute approximate surface area is 189 Å². The summed E-state index contributed by atoms with van der Waals surface area (Å²) in [7, 11) is -3.87. The fourth-order valence-corrected chi connectivity index (χ4v) is 6.31. The highest BCUT2D eigenvalue weighted by Gasteiger charge is 2.41. The largest absolute Gasteiger partial charge is 0.489 e. The normalized spacial score (nSPS) is 23.4. The summed E-state index contributed by atoms with van der Waals surface area (Å²) in [6, 6.07) is 3.95. The van der Waals surface area contributed by atoms with Gasteiger partial charge in [0.1, 0.15) is 17.9 Å². The summed E-state index contributed by atoms with van der Waals surface area (Å²) in [6.07, 6.45) is 3.20. The zero-order valence-electron chi connectivity index (χ0n) is 17.3. The van der Waals surface area contributed by atoms with E-state index >= 15 is 0 Å². The molecule has 1 saturated carbocycles. The minimum absolute atomic E-state index is 0.0288. The molecule has 0 spiro atoms. The van der Waals surface area contributed by atoms with Gasteiger partial charge in [0, 0.05) is 24.3 Å². The average molecular weight is 480 g/mol. The number of halogens is 1. The smallest absolute Gasteiger partial charge is 0.341 e. The third-order valence-electron chi connectivity index (χ3n) is 6.35. The molecular weight excluding hydrogens is 458 g/mol. The van der Waals surface area contributed by atoms with Crippen LogP contribution in [-0.4, -0.2) is 43.4 Å². The van der Waals surface area contributed by atoms with E-state index in [1.165, 1.54) is 29.7 Å². The SMILES string of the molecule is CC1c2cc(C(=O)O)c(=O)n(C3CC3)c2-c2cc(Cl)c(OC[C@@H]3CCCO3)cc2S1(=O)=O. The van der Waals surface area contributed by atoms with Crippen molar-refractivity contribution in [2.24, 2.45) is 0 Å². The van der Waals surface area contributed by atoms with E-state index in [4.69, 9.17) is 21.1 Å². The van der Waals surface area contributed by atoms with Crippen LogP contribution >= 0.6 is 11.6 Å². The van der Waals surface area contributed by atoms with E-state index in [0.29, 0.717) is 23.4 Å². The van der Waals surface area contributed by atoms with Crippen LogP contribution in [0.1, 0.15) is 59.8 Å². The molecule has 1 aliphatic carbocycles. The number of nitrogens with zero attached hydrogens (tertiary/aromatic N) is 1. The van der Waals surface area contributed by atoms with Crippen LogP contribution in [0.5, 0.6) is 5.75 Å². The number of rotatable bonds is 5. The number of sulfone groups is 1. The molecule has 1 N–H and O–H groups in total. The molecule has 2 atom stereocenters. The van der Waals surface area contributed by atoms with Crippen molar-refractivity contribution in [2.75, 3.05) is 13.2 Å². The third-order valence-corrected chi connectivity index (χ3v) is 8.78. The Morgan fingerprint density at radius 1 is 1.28 bits per heavy atom. The Kier molecular flexibility index (Phi) is 5.11. The first-order valence-corrected chi connectivity index (χ1v) is 12.5. The minimum atomic E-state index is -3.87. The van der Waals surface area contributed by atoms with Gasteiger partial charge in [0.15, 0.2) is 9.84 Å². The number of carbonyl (C=O) groups is 1. The van der Waals surface area contributed by atoms with Gasteiger partial charge in [-0.2, -0.15) is 0 Å². The van der Waals surface area contributed by atoms with Crippen LogP contribution in [0.15, 0.2) is 27.9 Å². The Bertz CT molecular complexity index is 1290. The Hall–Kier alpha value is -2.36. The second kappa shape index (κ2) is 7.60. The van der Waals surface area contributed by atoms with E-state index < -0.39 is 32.2 Å². The number of aromatic nitrogens is 1.